The fraction of sp³-hybridized carbons (Fsp3) is 0.400. The van der Waals surface area contributed by atoms with Gasteiger partial charge in [-0.1, -0.05) is 11.6 Å². The number of carbonyl (C=O) groups is 2. The summed E-state index contributed by atoms with van der Waals surface area (Å²) >= 11 is 8.12. The lowest BCUT2D eigenvalue weighted by atomic mass is 10.0. The topological polar surface area (TPSA) is 72.0 Å². The smallest absolute Gasteiger partial charge is 0.410 e. The zero-order valence-electron chi connectivity index (χ0n) is 18.6. The molecule has 3 aliphatic rings. The van der Waals surface area contributed by atoms with Crippen molar-refractivity contribution < 1.29 is 19.1 Å². The maximum absolute atomic E-state index is 13.1. The summed E-state index contributed by atoms with van der Waals surface area (Å²) in [5.41, 5.74) is 3.66. The summed E-state index contributed by atoms with van der Waals surface area (Å²) in [6, 6.07) is 7.78. The molecule has 2 fully saturated rings. The summed E-state index contributed by atoms with van der Waals surface area (Å²) in [6.45, 7) is 3.12. The van der Waals surface area contributed by atoms with Gasteiger partial charge in [0.1, 0.15) is 12.4 Å². The molecule has 176 valence electrons. The van der Waals surface area contributed by atoms with Crippen LogP contribution in [0.1, 0.15) is 29.7 Å². The number of fused-ring (bicyclic) bond motifs is 2. The number of piperidine rings is 1. The molecule has 9 heteroatoms. The largest absolute Gasteiger partial charge is 0.479 e. The van der Waals surface area contributed by atoms with E-state index in [1.165, 1.54) is 6.42 Å². The third-order valence-electron chi connectivity index (χ3n) is 6.68. The maximum Gasteiger partial charge on any atom is 0.410 e. The van der Waals surface area contributed by atoms with Crippen LogP contribution in [-0.2, 0) is 22.5 Å². The van der Waals surface area contributed by atoms with Crippen LogP contribution in [-0.4, -0.2) is 59.1 Å². The van der Waals surface area contributed by atoms with E-state index in [-0.39, 0.29) is 12.0 Å². The number of cyclic esters (lactones) is 1. The second-order valence-corrected chi connectivity index (χ2v) is 10.5. The molecule has 5 heterocycles. The van der Waals surface area contributed by atoms with Gasteiger partial charge in [0.2, 0.25) is 0 Å². The van der Waals surface area contributed by atoms with Gasteiger partial charge in [0.05, 0.1) is 23.3 Å². The lowest BCUT2D eigenvalue weighted by Gasteiger charge is -2.28. The van der Waals surface area contributed by atoms with Crippen LogP contribution >= 0.6 is 22.9 Å². The van der Waals surface area contributed by atoms with E-state index in [0.29, 0.717) is 31.1 Å². The number of nitrogens with zero attached hydrogens (tertiary/aromatic N) is 3. The zero-order chi connectivity index (χ0) is 23.2. The number of rotatable bonds is 4. The Hall–Kier alpha value is -2.84. The number of thiophene rings is 1. The molecule has 0 aliphatic carbocycles. The van der Waals surface area contributed by atoms with E-state index >= 15 is 0 Å². The first kappa shape index (κ1) is 21.7. The molecular weight excluding hydrogens is 474 g/mol. The molecule has 2 aromatic heterocycles. The predicted octanol–water partition coefficient (Wildman–Crippen LogP) is 4.88. The minimum Gasteiger partial charge on any atom is -0.479 e. The third kappa shape index (κ3) is 3.88. The molecule has 6 rings (SSSR count). The Morgan fingerprint density at radius 1 is 1.15 bits per heavy atom. The molecule has 34 heavy (non-hydrogen) atoms. The minimum absolute atomic E-state index is 0.0637. The van der Waals surface area contributed by atoms with Crippen LogP contribution in [0.2, 0.25) is 5.02 Å². The van der Waals surface area contributed by atoms with Crippen LogP contribution in [0.4, 0.5) is 4.79 Å². The third-order valence-corrected chi connectivity index (χ3v) is 8.04. The van der Waals surface area contributed by atoms with Crippen molar-refractivity contribution in [3.05, 3.63) is 45.9 Å². The van der Waals surface area contributed by atoms with Gasteiger partial charge in [0.15, 0.2) is 6.10 Å². The molecule has 3 aliphatic heterocycles. The highest BCUT2D eigenvalue weighted by atomic mass is 35.5. The molecule has 1 aromatic carbocycles. The number of ether oxygens (including phenoxy) is 2. The van der Waals surface area contributed by atoms with Crippen LogP contribution in [0.25, 0.3) is 21.3 Å². The number of amides is 2. The normalized spacial score (nSPS) is 19.9. The van der Waals surface area contributed by atoms with Crippen molar-refractivity contribution >= 4 is 45.2 Å². The number of hydrogen-bond acceptors (Lipinski definition) is 6. The molecular formula is C25H24ClN3O4S. The first-order valence-corrected chi connectivity index (χ1v) is 12.8. The second-order valence-electron chi connectivity index (χ2n) is 8.96. The molecule has 2 saturated heterocycles. The van der Waals surface area contributed by atoms with E-state index in [9.17, 15) is 9.59 Å². The van der Waals surface area contributed by atoms with Gasteiger partial charge in [0.25, 0.3) is 5.91 Å². The Labute approximate surface area is 206 Å². The van der Waals surface area contributed by atoms with E-state index < -0.39 is 6.10 Å². The first-order valence-electron chi connectivity index (χ1n) is 11.6. The fourth-order valence-corrected chi connectivity index (χ4v) is 6.41. The molecule has 0 unspecified atom stereocenters. The van der Waals surface area contributed by atoms with Crippen molar-refractivity contribution in [2.24, 2.45) is 0 Å². The van der Waals surface area contributed by atoms with E-state index in [1.807, 2.05) is 29.2 Å². The standard InChI is InChI=1S/C25H24ClN3O4S/c26-16-10-15-11-21(24(30)28-6-2-1-3-7-28)33-22(15)19(12-16)18-4-5-27-20-13-17(34-23(18)20)14-29-8-9-32-25(29)31/h4-5,10,12-13,21H,1-3,6-9,11,14H2/t21-/m1/s1. The quantitative estimate of drug-likeness (QED) is 0.513. The van der Waals surface area contributed by atoms with E-state index in [1.54, 1.807) is 22.4 Å². The molecule has 2 amide bonds. The zero-order valence-corrected chi connectivity index (χ0v) is 20.2. The summed E-state index contributed by atoms with van der Waals surface area (Å²) in [7, 11) is 0. The summed E-state index contributed by atoms with van der Waals surface area (Å²) in [4.78, 5) is 34.2. The van der Waals surface area contributed by atoms with Crippen molar-refractivity contribution in [1.82, 2.24) is 14.8 Å². The highest BCUT2D eigenvalue weighted by molar-refractivity contribution is 7.19. The predicted molar refractivity (Wildman–Crippen MR) is 130 cm³/mol. The number of carbonyl (C=O) groups excluding carboxylic acids is 2. The summed E-state index contributed by atoms with van der Waals surface area (Å²) in [5.74, 6) is 0.791. The lowest BCUT2D eigenvalue weighted by Crippen LogP contribution is -2.43. The molecule has 0 radical (unpaired) electrons. The van der Waals surface area contributed by atoms with Gasteiger partial charge in [-0.25, -0.2) is 4.79 Å². The highest BCUT2D eigenvalue weighted by Gasteiger charge is 2.35. The molecule has 0 spiro atoms. The molecule has 0 N–H and O–H groups in total. The van der Waals surface area contributed by atoms with Crippen molar-refractivity contribution in [2.75, 3.05) is 26.2 Å². The summed E-state index contributed by atoms with van der Waals surface area (Å²) in [6.07, 6.45) is 4.78. The lowest BCUT2D eigenvalue weighted by molar-refractivity contribution is -0.138. The van der Waals surface area contributed by atoms with Crippen LogP contribution in [0, 0.1) is 0 Å². The highest BCUT2D eigenvalue weighted by Crippen LogP contribution is 2.45. The monoisotopic (exact) mass is 497 g/mol. The summed E-state index contributed by atoms with van der Waals surface area (Å²) in [5, 5.41) is 0.616. The van der Waals surface area contributed by atoms with Gasteiger partial charge in [0, 0.05) is 52.3 Å². The molecule has 0 saturated carbocycles. The van der Waals surface area contributed by atoms with Gasteiger partial charge < -0.3 is 14.4 Å². The number of pyridine rings is 1. The SMILES string of the molecule is O=C1OCCN1Cc1cc2nccc(-c3cc(Cl)cc4c3O[C@@H](C(=O)N3CCCCC3)C4)c2s1. The van der Waals surface area contributed by atoms with E-state index in [4.69, 9.17) is 21.1 Å². The van der Waals surface area contributed by atoms with Crippen LogP contribution in [0.15, 0.2) is 30.5 Å². The van der Waals surface area contributed by atoms with Crippen molar-refractivity contribution in [3.63, 3.8) is 0 Å². The number of likely N-dealkylation sites (tertiary alicyclic amines) is 1. The molecule has 1 atom stereocenters. The van der Waals surface area contributed by atoms with Crippen LogP contribution < -0.4 is 4.74 Å². The average molecular weight is 498 g/mol. The average Bonchev–Trinajstić information content (AvgIpc) is 3.56. The Morgan fingerprint density at radius 2 is 2.00 bits per heavy atom. The van der Waals surface area contributed by atoms with Crippen LogP contribution in [0.3, 0.4) is 0 Å². The van der Waals surface area contributed by atoms with E-state index in [0.717, 1.165) is 63.5 Å². The van der Waals surface area contributed by atoms with Gasteiger partial charge in [-0.05, 0) is 43.5 Å². The Balaban J connectivity index is 1.34. The van der Waals surface area contributed by atoms with Gasteiger partial charge in [-0.3, -0.25) is 14.7 Å². The van der Waals surface area contributed by atoms with Crippen molar-refractivity contribution in [1.29, 1.82) is 0 Å². The van der Waals surface area contributed by atoms with Gasteiger partial charge >= 0.3 is 6.09 Å². The Bertz CT molecular complexity index is 1290. The first-order chi connectivity index (χ1) is 16.6. The number of halogens is 1. The van der Waals surface area contributed by atoms with Crippen molar-refractivity contribution in [3.8, 4) is 16.9 Å². The Morgan fingerprint density at radius 3 is 2.79 bits per heavy atom. The van der Waals surface area contributed by atoms with Gasteiger partial charge in [-0.2, -0.15) is 0 Å². The van der Waals surface area contributed by atoms with Crippen LogP contribution in [0.5, 0.6) is 5.75 Å². The number of aromatic nitrogens is 1. The molecule has 3 aromatic rings. The summed E-state index contributed by atoms with van der Waals surface area (Å²) < 4.78 is 12.4. The molecule has 7 nitrogen and oxygen atoms in total. The number of hydrogen-bond donors (Lipinski definition) is 0. The minimum atomic E-state index is -0.511. The molecule has 0 bridgehead atoms. The van der Waals surface area contributed by atoms with E-state index in [2.05, 4.69) is 4.98 Å². The Kier molecular flexibility index (Phi) is 5.57. The fourth-order valence-electron chi connectivity index (χ4n) is 5.02. The maximum atomic E-state index is 13.1. The van der Waals surface area contributed by atoms with Gasteiger partial charge in [-0.15, -0.1) is 11.3 Å². The number of benzene rings is 1. The second kappa shape index (κ2) is 8.74. The van der Waals surface area contributed by atoms with Crippen molar-refractivity contribution in [2.45, 2.75) is 38.3 Å².